The van der Waals surface area contributed by atoms with E-state index in [1.54, 1.807) is 30.8 Å². The molecule has 7 nitrogen and oxygen atoms in total. The number of ether oxygens (including phenoxy) is 1. The maximum absolute atomic E-state index is 12.1. The Morgan fingerprint density at radius 3 is 2.95 bits per heavy atom. The zero-order valence-corrected chi connectivity index (χ0v) is 13.0. The first-order valence-electron chi connectivity index (χ1n) is 6.32. The zero-order valence-electron chi connectivity index (χ0n) is 12.2. The van der Waals surface area contributed by atoms with E-state index in [1.807, 2.05) is 24.3 Å². The summed E-state index contributed by atoms with van der Waals surface area (Å²) in [4.78, 5) is 13.8. The number of tetrazole rings is 1. The number of methoxy groups -OCH3 is 1. The summed E-state index contributed by atoms with van der Waals surface area (Å²) in [6.45, 7) is 0.535. The molecular formula is C13H17N5O2S. The highest BCUT2D eigenvalue weighted by Gasteiger charge is 2.12. The molecule has 0 unspecified atom stereocenters. The Labute approximate surface area is 127 Å². The number of amides is 1. The molecule has 2 aromatic rings. The molecule has 2 rings (SSSR count). The Morgan fingerprint density at radius 1 is 1.48 bits per heavy atom. The highest BCUT2D eigenvalue weighted by molar-refractivity contribution is 7.99. The molecule has 0 saturated carbocycles. The zero-order chi connectivity index (χ0) is 15.2. The van der Waals surface area contributed by atoms with Crippen molar-refractivity contribution in [2.45, 2.75) is 11.7 Å². The van der Waals surface area contributed by atoms with Crippen LogP contribution >= 0.6 is 11.8 Å². The molecule has 0 N–H and O–H groups in total. The van der Waals surface area contributed by atoms with Crippen molar-refractivity contribution in [3.63, 3.8) is 0 Å². The molecule has 0 fully saturated rings. The summed E-state index contributed by atoms with van der Waals surface area (Å²) < 4.78 is 6.72. The van der Waals surface area contributed by atoms with Crippen LogP contribution in [0.1, 0.15) is 5.56 Å². The molecule has 0 spiro atoms. The van der Waals surface area contributed by atoms with E-state index in [1.165, 1.54) is 11.8 Å². The van der Waals surface area contributed by atoms with E-state index in [0.717, 1.165) is 11.3 Å². The summed E-state index contributed by atoms with van der Waals surface area (Å²) in [5.74, 6) is 1.10. The third kappa shape index (κ3) is 4.19. The summed E-state index contributed by atoms with van der Waals surface area (Å²) >= 11 is 1.32. The summed E-state index contributed by atoms with van der Waals surface area (Å²) in [7, 11) is 5.14. The number of carbonyl (C=O) groups is 1. The first-order valence-corrected chi connectivity index (χ1v) is 7.30. The van der Waals surface area contributed by atoms with Crippen LogP contribution in [0.4, 0.5) is 0 Å². The number of hydrogen-bond donors (Lipinski definition) is 0. The fourth-order valence-corrected chi connectivity index (χ4v) is 2.50. The van der Waals surface area contributed by atoms with Crippen LogP contribution < -0.4 is 4.74 Å². The molecule has 112 valence electrons. The number of hydrogen-bond acceptors (Lipinski definition) is 6. The van der Waals surface area contributed by atoms with E-state index >= 15 is 0 Å². The average molecular weight is 307 g/mol. The number of nitrogens with zero attached hydrogens (tertiary/aromatic N) is 5. The summed E-state index contributed by atoms with van der Waals surface area (Å²) in [6, 6.07) is 7.67. The standard InChI is InChI=1S/C13H17N5O2S/c1-17(8-10-5-4-6-11(7-10)20-3)12(19)9-21-13-14-15-16-18(13)2/h4-7H,8-9H2,1-3H3. The SMILES string of the molecule is COc1cccc(CN(C)C(=O)CSc2nnnn2C)c1. The monoisotopic (exact) mass is 307 g/mol. The van der Waals surface area contributed by atoms with Crippen LogP contribution in [0.3, 0.4) is 0 Å². The lowest BCUT2D eigenvalue weighted by atomic mass is 10.2. The highest BCUT2D eigenvalue weighted by Crippen LogP contribution is 2.16. The molecule has 0 saturated heterocycles. The number of benzene rings is 1. The third-order valence-electron chi connectivity index (χ3n) is 2.89. The van der Waals surface area contributed by atoms with E-state index < -0.39 is 0 Å². The van der Waals surface area contributed by atoms with E-state index in [4.69, 9.17) is 4.74 Å². The predicted octanol–water partition coefficient (Wildman–Crippen LogP) is 0.969. The largest absolute Gasteiger partial charge is 0.497 e. The molecule has 0 radical (unpaired) electrons. The lowest BCUT2D eigenvalue weighted by Crippen LogP contribution is -2.27. The quantitative estimate of drug-likeness (QED) is 0.740. The third-order valence-corrected chi connectivity index (χ3v) is 3.88. The molecule has 1 amide bonds. The van der Waals surface area contributed by atoms with Gasteiger partial charge in [0.05, 0.1) is 12.9 Å². The van der Waals surface area contributed by atoms with Gasteiger partial charge >= 0.3 is 0 Å². The molecule has 8 heteroatoms. The van der Waals surface area contributed by atoms with E-state index in [-0.39, 0.29) is 5.91 Å². The second-order valence-electron chi connectivity index (χ2n) is 4.48. The van der Waals surface area contributed by atoms with E-state index in [2.05, 4.69) is 15.5 Å². The van der Waals surface area contributed by atoms with Crippen LogP contribution in [0.2, 0.25) is 0 Å². The van der Waals surface area contributed by atoms with Gasteiger partial charge in [-0.1, -0.05) is 23.9 Å². The fraction of sp³-hybridized carbons (Fsp3) is 0.385. The van der Waals surface area contributed by atoms with Crippen LogP contribution in [0.25, 0.3) is 0 Å². The molecule has 0 aliphatic carbocycles. The van der Waals surface area contributed by atoms with Crippen molar-refractivity contribution in [1.29, 1.82) is 0 Å². The predicted molar refractivity (Wildman–Crippen MR) is 79.0 cm³/mol. The van der Waals surface area contributed by atoms with Crippen LogP contribution in [-0.2, 0) is 18.4 Å². The molecule has 0 aliphatic heterocycles. The van der Waals surface area contributed by atoms with E-state index in [0.29, 0.717) is 17.5 Å². The molecule has 0 aliphatic rings. The van der Waals surface area contributed by atoms with Gasteiger partial charge in [-0.2, -0.15) is 0 Å². The fourth-order valence-electron chi connectivity index (χ4n) is 1.71. The van der Waals surface area contributed by atoms with Gasteiger partial charge in [-0.25, -0.2) is 4.68 Å². The van der Waals surface area contributed by atoms with Gasteiger partial charge in [-0.3, -0.25) is 4.79 Å². The van der Waals surface area contributed by atoms with E-state index in [9.17, 15) is 4.79 Å². The topological polar surface area (TPSA) is 73.1 Å². The van der Waals surface area contributed by atoms with Gasteiger partial charge in [-0.15, -0.1) is 5.10 Å². The van der Waals surface area contributed by atoms with Crippen molar-refractivity contribution < 1.29 is 9.53 Å². The summed E-state index contributed by atoms with van der Waals surface area (Å²) in [6.07, 6.45) is 0. The van der Waals surface area contributed by atoms with Gasteiger partial charge in [0.1, 0.15) is 5.75 Å². The number of thioether (sulfide) groups is 1. The minimum Gasteiger partial charge on any atom is -0.497 e. The van der Waals surface area contributed by atoms with Crippen LogP contribution in [0, 0.1) is 0 Å². The maximum atomic E-state index is 12.1. The van der Waals surface area contributed by atoms with Crippen molar-refractivity contribution in [2.75, 3.05) is 19.9 Å². The highest BCUT2D eigenvalue weighted by atomic mass is 32.2. The normalized spacial score (nSPS) is 10.4. The second-order valence-corrected chi connectivity index (χ2v) is 5.42. The minimum atomic E-state index is 0.0193. The van der Waals surface area contributed by atoms with Gasteiger partial charge in [-0.05, 0) is 28.1 Å². The molecule has 0 bridgehead atoms. The second kappa shape index (κ2) is 7.07. The van der Waals surface area contributed by atoms with Crippen LogP contribution in [-0.4, -0.2) is 50.9 Å². The summed E-state index contributed by atoms with van der Waals surface area (Å²) in [5.41, 5.74) is 1.02. The molecule has 1 aromatic heterocycles. The molecular weight excluding hydrogens is 290 g/mol. The van der Waals surface area contributed by atoms with Crippen molar-refractivity contribution in [1.82, 2.24) is 25.1 Å². The smallest absolute Gasteiger partial charge is 0.233 e. The lowest BCUT2D eigenvalue weighted by molar-refractivity contribution is -0.127. The first kappa shape index (κ1) is 15.3. The van der Waals surface area contributed by atoms with Crippen molar-refractivity contribution >= 4 is 17.7 Å². The molecule has 21 heavy (non-hydrogen) atoms. The van der Waals surface area contributed by atoms with Crippen molar-refractivity contribution in [2.24, 2.45) is 7.05 Å². The number of carbonyl (C=O) groups excluding carboxylic acids is 1. The number of aryl methyl sites for hydroxylation is 1. The van der Waals surface area contributed by atoms with Crippen LogP contribution in [0.15, 0.2) is 29.4 Å². The maximum Gasteiger partial charge on any atom is 0.233 e. The van der Waals surface area contributed by atoms with Gasteiger partial charge in [0.2, 0.25) is 11.1 Å². The van der Waals surface area contributed by atoms with Gasteiger partial charge in [0.25, 0.3) is 0 Å². The van der Waals surface area contributed by atoms with Crippen LogP contribution in [0.5, 0.6) is 5.75 Å². The number of rotatable bonds is 6. The van der Waals surface area contributed by atoms with Gasteiger partial charge < -0.3 is 9.64 Å². The number of aromatic nitrogens is 4. The Morgan fingerprint density at radius 2 is 2.29 bits per heavy atom. The van der Waals surface area contributed by atoms with Gasteiger partial charge in [0.15, 0.2) is 0 Å². The molecule has 1 aromatic carbocycles. The summed E-state index contributed by atoms with van der Waals surface area (Å²) in [5, 5.41) is 11.7. The molecule has 0 atom stereocenters. The lowest BCUT2D eigenvalue weighted by Gasteiger charge is -2.17. The first-order chi connectivity index (χ1) is 10.1. The molecule has 1 heterocycles. The minimum absolute atomic E-state index is 0.0193. The Balaban J connectivity index is 1.88. The Hall–Kier alpha value is -2.09. The van der Waals surface area contributed by atoms with Crippen molar-refractivity contribution in [3.8, 4) is 5.75 Å². The van der Waals surface area contributed by atoms with Gasteiger partial charge in [0, 0.05) is 20.6 Å². The Kier molecular flexibility index (Phi) is 5.15. The van der Waals surface area contributed by atoms with Crippen molar-refractivity contribution in [3.05, 3.63) is 29.8 Å². The average Bonchev–Trinajstić information content (AvgIpc) is 2.90. The Bertz CT molecular complexity index is 616.